The van der Waals surface area contributed by atoms with Crippen LogP contribution in [-0.4, -0.2) is 10.1 Å². The van der Waals surface area contributed by atoms with Crippen molar-refractivity contribution in [2.75, 3.05) is 0 Å². The third kappa shape index (κ3) is 4.42. The molecular weight excluding hydrogens is 550 g/mol. The fourth-order valence-corrected chi connectivity index (χ4v) is 6.94. The van der Waals surface area contributed by atoms with Gasteiger partial charge in [-0.25, -0.2) is 4.99 Å². The first kappa shape index (κ1) is 24.2. The summed E-state index contributed by atoms with van der Waals surface area (Å²) in [6, 6.07) is 21.7. The Balaban J connectivity index is 1.52. The maximum atomic E-state index is 6.84. The highest BCUT2D eigenvalue weighted by Crippen LogP contribution is 2.52. The van der Waals surface area contributed by atoms with Crippen LogP contribution in [0, 0.1) is 0 Å². The lowest BCUT2D eigenvalue weighted by molar-refractivity contribution is 0.458. The highest BCUT2D eigenvalue weighted by Gasteiger charge is 2.40. The quantitative estimate of drug-likeness (QED) is 0.311. The van der Waals surface area contributed by atoms with Crippen molar-refractivity contribution in [3.63, 3.8) is 0 Å². The van der Waals surface area contributed by atoms with Crippen LogP contribution in [-0.2, 0) is 0 Å². The number of hydrogen-bond donors (Lipinski definition) is 0. The van der Waals surface area contributed by atoms with Gasteiger partial charge in [0.2, 0.25) is 0 Å². The summed E-state index contributed by atoms with van der Waals surface area (Å²) in [6.45, 7) is 0. The smallest absolute Gasteiger partial charge is 0.174 e. The highest BCUT2D eigenvalue weighted by molar-refractivity contribution is 8.16. The second-order valence-corrected chi connectivity index (χ2v) is 11.4. The molecule has 2 heterocycles. The SMILES string of the molecule is Clc1ccc(/C=C2\CCCC3=C2N=C2SC=C(c4ccccc4)N2C3c2ccc(Cl)cc2Cl)c(Cl)c1. The molecule has 0 N–H and O–H groups in total. The average Bonchev–Trinajstić information content (AvgIpc) is 3.29. The molecule has 1 aliphatic carbocycles. The first-order chi connectivity index (χ1) is 17.5. The van der Waals surface area contributed by atoms with E-state index in [1.807, 2.05) is 36.4 Å². The fraction of sp³-hybridized carbons (Fsp3) is 0.138. The summed E-state index contributed by atoms with van der Waals surface area (Å²) in [5.41, 5.74) is 7.70. The van der Waals surface area contributed by atoms with Gasteiger partial charge in [-0.05, 0) is 77.4 Å². The standard InChI is InChI=1S/C29H20Cl4N2S/c30-20-10-9-18(24(32)14-20)13-19-7-4-8-23-27(19)34-29-35(26(16-36-29)17-5-2-1-3-6-17)28(23)22-12-11-21(31)15-25(22)33/h1-3,5-6,9-16,28H,4,7-8H2/b19-13+. The van der Waals surface area contributed by atoms with Crippen LogP contribution >= 0.6 is 58.2 Å². The minimum Gasteiger partial charge on any atom is -0.308 e. The molecule has 3 aromatic carbocycles. The van der Waals surface area contributed by atoms with Gasteiger partial charge in [0, 0.05) is 25.5 Å². The number of thioether (sulfide) groups is 1. The molecule has 2 aliphatic heterocycles. The predicted octanol–water partition coefficient (Wildman–Crippen LogP) is 10.3. The van der Waals surface area contributed by atoms with Crippen LogP contribution in [0.25, 0.3) is 11.8 Å². The molecule has 1 atom stereocenters. The van der Waals surface area contributed by atoms with E-state index in [9.17, 15) is 0 Å². The van der Waals surface area contributed by atoms with Gasteiger partial charge < -0.3 is 4.90 Å². The number of benzene rings is 3. The number of halogens is 4. The van der Waals surface area contributed by atoms with E-state index in [-0.39, 0.29) is 6.04 Å². The van der Waals surface area contributed by atoms with E-state index in [0.717, 1.165) is 52.5 Å². The summed E-state index contributed by atoms with van der Waals surface area (Å²) in [6.07, 6.45) is 5.04. The zero-order chi connectivity index (χ0) is 24.8. The second-order valence-electron chi connectivity index (χ2n) is 8.88. The van der Waals surface area contributed by atoms with Gasteiger partial charge in [-0.15, -0.1) is 0 Å². The molecule has 7 heteroatoms. The van der Waals surface area contributed by atoms with E-state index in [1.165, 1.54) is 11.1 Å². The van der Waals surface area contributed by atoms with Crippen LogP contribution < -0.4 is 0 Å². The van der Waals surface area contributed by atoms with Gasteiger partial charge in [0.05, 0.1) is 17.4 Å². The summed E-state index contributed by atoms with van der Waals surface area (Å²) < 4.78 is 0. The Kier molecular flexibility index (Phi) is 6.70. The van der Waals surface area contributed by atoms with Crippen molar-refractivity contribution >= 4 is 75.1 Å². The van der Waals surface area contributed by atoms with Gasteiger partial charge >= 0.3 is 0 Å². The van der Waals surface area contributed by atoms with Crippen molar-refractivity contribution < 1.29 is 0 Å². The summed E-state index contributed by atoms with van der Waals surface area (Å²) in [5.74, 6) is 0. The van der Waals surface area contributed by atoms with Crippen molar-refractivity contribution in [2.45, 2.75) is 25.3 Å². The molecule has 1 unspecified atom stereocenters. The van der Waals surface area contributed by atoms with Crippen LogP contribution in [0.3, 0.4) is 0 Å². The zero-order valence-corrected chi connectivity index (χ0v) is 22.9. The van der Waals surface area contributed by atoms with Crippen LogP contribution in [0.4, 0.5) is 0 Å². The first-order valence-electron chi connectivity index (χ1n) is 11.6. The van der Waals surface area contributed by atoms with Gasteiger partial charge in [0.1, 0.15) is 0 Å². The van der Waals surface area contributed by atoms with Crippen molar-refractivity contribution in [1.82, 2.24) is 4.90 Å². The van der Waals surface area contributed by atoms with Crippen molar-refractivity contribution in [1.29, 1.82) is 0 Å². The predicted molar refractivity (Wildman–Crippen MR) is 156 cm³/mol. The molecule has 6 rings (SSSR count). The topological polar surface area (TPSA) is 15.6 Å². The zero-order valence-electron chi connectivity index (χ0n) is 19.0. The van der Waals surface area contributed by atoms with E-state index in [4.69, 9.17) is 51.4 Å². The number of nitrogens with zero attached hydrogens (tertiary/aromatic N) is 2. The average molecular weight is 570 g/mol. The Morgan fingerprint density at radius 1 is 0.861 bits per heavy atom. The maximum absolute atomic E-state index is 6.84. The second kappa shape index (κ2) is 9.96. The van der Waals surface area contributed by atoms with E-state index in [2.05, 4.69) is 40.6 Å². The molecular formula is C29H20Cl4N2S. The first-order valence-corrected chi connectivity index (χ1v) is 14.0. The molecule has 36 heavy (non-hydrogen) atoms. The van der Waals surface area contributed by atoms with Crippen LogP contribution in [0.5, 0.6) is 0 Å². The third-order valence-electron chi connectivity index (χ3n) is 6.66. The molecule has 0 fully saturated rings. The normalized spacial score (nSPS) is 20.3. The summed E-state index contributed by atoms with van der Waals surface area (Å²) in [5, 5.41) is 5.66. The lowest BCUT2D eigenvalue weighted by atomic mass is 9.82. The minimum absolute atomic E-state index is 0.0805. The highest BCUT2D eigenvalue weighted by atomic mass is 35.5. The number of fused-ring (bicyclic) bond motifs is 1. The molecule has 0 amide bonds. The van der Waals surface area contributed by atoms with E-state index in [1.54, 1.807) is 17.8 Å². The summed E-state index contributed by atoms with van der Waals surface area (Å²) in [4.78, 5) is 7.54. The maximum Gasteiger partial charge on any atom is 0.174 e. The monoisotopic (exact) mass is 568 g/mol. The van der Waals surface area contributed by atoms with Crippen molar-refractivity contribution in [3.05, 3.63) is 126 Å². The number of aliphatic imine (C=N–C) groups is 1. The lowest BCUT2D eigenvalue weighted by Crippen LogP contribution is -2.35. The van der Waals surface area contributed by atoms with Crippen LogP contribution in [0.1, 0.15) is 42.0 Å². The molecule has 0 radical (unpaired) electrons. The fourth-order valence-electron chi connectivity index (χ4n) is 5.04. The molecule has 3 aliphatic rings. The van der Waals surface area contributed by atoms with Crippen LogP contribution in [0.15, 0.2) is 94.0 Å². The van der Waals surface area contributed by atoms with E-state index >= 15 is 0 Å². The molecule has 0 bridgehead atoms. The Labute approximate surface area is 234 Å². The molecule has 3 aromatic rings. The van der Waals surface area contributed by atoms with Gasteiger partial charge in [-0.3, -0.25) is 0 Å². The molecule has 2 nitrogen and oxygen atoms in total. The van der Waals surface area contributed by atoms with Gasteiger partial charge in [0.25, 0.3) is 0 Å². The largest absolute Gasteiger partial charge is 0.308 e. The van der Waals surface area contributed by atoms with E-state index in [0.29, 0.717) is 20.1 Å². The number of amidine groups is 1. The van der Waals surface area contributed by atoms with Gasteiger partial charge in [0.15, 0.2) is 5.17 Å². The lowest BCUT2D eigenvalue weighted by Gasteiger charge is -2.40. The van der Waals surface area contributed by atoms with Crippen molar-refractivity contribution in [3.8, 4) is 0 Å². The molecule has 0 spiro atoms. The third-order valence-corrected chi connectivity index (χ3v) is 8.62. The molecule has 180 valence electrons. The Bertz CT molecular complexity index is 1490. The van der Waals surface area contributed by atoms with Gasteiger partial charge in [-0.2, -0.15) is 0 Å². The Morgan fingerprint density at radius 3 is 2.36 bits per heavy atom. The van der Waals surface area contributed by atoms with Gasteiger partial charge in [-0.1, -0.05) is 101 Å². The minimum atomic E-state index is -0.0805. The van der Waals surface area contributed by atoms with Crippen molar-refractivity contribution in [2.24, 2.45) is 4.99 Å². The molecule has 0 saturated carbocycles. The summed E-state index contributed by atoms with van der Waals surface area (Å²) in [7, 11) is 0. The molecule has 0 saturated heterocycles. The number of hydrogen-bond acceptors (Lipinski definition) is 3. The van der Waals surface area contributed by atoms with Crippen LogP contribution in [0.2, 0.25) is 20.1 Å². The Hall–Kier alpha value is -2.14. The van der Waals surface area contributed by atoms with E-state index < -0.39 is 0 Å². The number of allylic oxidation sites excluding steroid dienone is 1. The number of rotatable bonds is 3. The summed E-state index contributed by atoms with van der Waals surface area (Å²) >= 11 is 27.4. The Morgan fingerprint density at radius 2 is 1.61 bits per heavy atom. The molecule has 0 aromatic heterocycles.